The molecule has 3 rings (SSSR count). The molecule has 0 saturated carbocycles. The Morgan fingerprint density at radius 3 is 2.73 bits per heavy atom. The molecule has 26 heavy (non-hydrogen) atoms. The number of morpholine rings is 1. The number of carbonyl (C=O) groups excluding carboxylic acids is 1. The Labute approximate surface area is 160 Å². The number of anilines is 1. The molecule has 2 aromatic rings. The van der Waals surface area contributed by atoms with Gasteiger partial charge < -0.3 is 15.4 Å². The van der Waals surface area contributed by atoms with Crippen molar-refractivity contribution in [3.63, 3.8) is 0 Å². The molecule has 0 spiro atoms. The number of hydrogen-bond donors (Lipinski definition) is 2. The highest BCUT2D eigenvalue weighted by Gasteiger charge is 2.25. The summed E-state index contributed by atoms with van der Waals surface area (Å²) < 4.78 is 7.34. The minimum Gasteiger partial charge on any atom is -0.366 e. The topological polar surface area (TPSA) is 68.2 Å². The quantitative estimate of drug-likeness (QED) is 0.861. The average molecular weight is 379 g/mol. The molecule has 1 aromatic heterocycles. The molecule has 7 heteroatoms. The summed E-state index contributed by atoms with van der Waals surface area (Å²) in [6, 6.07) is 10.0. The Kier molecular flexibility index (Phi) is 6.44. The van der Waals surface area contributed by atoms with Crippen LogP contribution in [0.2, 0.25) is 0 Å². The van der Waals surface area contributed by atoms with Crippen molar-refractivity contribution >= 4 is 24.1 Å². The van der Waals surface area contributed by atoms with Crippen molar-refractivity contribution in [1.29, 1.82) is 0 Å². The normalized spacial score (nSPS) is 17.5. The number of nitrogens with zero attached hydrogens (tertiary/aromatic N) is 2. The van der Waals surface area contributed by atoms with E-state index in [1.807, 2.05) is 37.3 Å². The van der Waals surface area contributed by atoms with Gasteiger partial charge in [-0.05, 0) is 24.6 Å². The number of halogens is 1. The van der Waals surface area contributed by atoms with Crippen LogP contribution in [0, 0.1) is 6.92 Å². The Bertz CT molecular complexity index is 761. The smallest absolute Gasteiger partial charge is 0.255 e. The van der Waals surface area contributed by atoms with Crippen LogP contribution in [0.15, 0.2) is 30.3 Å². The fraction of sp³-hybridized carbons (Fsp3) is 0.474. The number of hydrogen-bond acceptors (Lipinski definition) is 4. The summed E-state index contributed by atoms with van der Waals surface area (Å²) >= 11 is 0. The Balaban J connectivity index is 0.00000243. The fourth-order valence-corrected chi connectivity index (χ4v) is 2.73. The molecule has 1 aliphatic rings. The van der Waals surface area contributed by atoms with Crippen molar-refractivity contribution in [1.82, 2.24) is 15.1 Å². The second-order valence-electron chi connectivity index (χ2n) is 7.47. The standard InChI is InChI=1S/C19H26N4O2.ClH/c1-13-6-5-7-14(10-13)23-17(11-16(22-23)19(2,3)4)21-18(24)15-12-20-8-9-25-15;/h5-7,10-11,15,20H,8-9,12H2,1-4H3,(H,21,24);1H. The van der Waals surface area contributed by atoms with E-state index in [2.05, 4.69) is 31.4 Å². The maximum absolute atomic E-state index is 12.6. The highest BCUT2D eigenvalue weighted by Crippen LogP contribution is 2.26. The van der Waals surface area contributed by atoms with E-state index < -0.39 is 6.10 Å². The molecular weight excluding hydrogens is 352 g/mol. The maximum atomic E-state index is 12.6. The van der Waals surface area contributed by atoms with E-state index in [1.54, 1.807) is 4.68 Å². The van der Waals surface area contributed by atoms with E-state index in [0.29, 0.717) is 19.0 Å². The number of benzene rings is 1. The molecule has 1 atom stereocenters. The summed E-state index contributed by atoms with van der Waals surface area (Å²) in [4.78, 5) is 12.6. The number of amides is 1. The first-order chi connectivity index (χ1) is 11.8. The lowest BCUT2D eigenvalue weighted by Crippen LogP contribution is -2.45. The lowest BCUT2D eigenvalue weighted by atomic mass is 9.92. The third-order valence-electron chi connectivity index (χ3n) is 4.20. The summed E-state index contributed by atoms with van der Waals surface area (Å²) in [6.07, 6.45) is -0.479. The van der Waals surface area contributed by atoms with Gasteiger partial charge in [-0.3, -0.25) is 4.79 Å². The zero-order valence-corrected chi connectivity index (χ0v) is 16.5. The van der Waals surface area contributed by atoms with Crippen molar-refractivity contribution in [2.24, 2.45) is 0 Å². The van der Waals surface area contributed by atoms with Gasteiger partial charge in [0.1, 0.15) is 11.9 Å². The van der Waals surface area contributed by atoms with Crippen LogP contribution < -0.4 is 10.6 Å². The number of carbonyl (C=O) groups is 1. The van der Waals surface area contributed by atoms with Gasteiger partial charge >= 0.3 is 0 Å². The van der Waals surface area contributed by atoms with Gasteiger partial charge in [-0.15, -0.1) is 12.4 Å². The zero-order valence-electron chi connectivity index (χ0n) is 15.7. The van der Waals surface area contributed by atoms with Crippen LogP contribution in [0.5, 0.6) is 0 Å². The number of ether oxygens (including phenoxy) is 1. The third kappa shape index (κ3) is 4.63. The van der Waals surface area contributed by atoms with Crippen LogP contribution in [0.4, 0.5) is 5.82 Å². The largest absolute Gasteiger partial charge is 0.366 e. The van der Waals surface area contributed by atoms with Crippen LogP contribution >= 0.6 is 12.4 Å². The Morgan fingerprint density at radius 2 is 2.12 bits per heavy atom. The van der Waals surface area contributed by atoms with Gasteiger partial charge in [-0.2, -0.15) is 5.10 Å². The van der Waals surface area contributed by atoms with Crippen LogP contribution in [0.3, 0.4) is 0 Å². The highest BCUT2D eigenvalue weighted by atomic mass is 35.5. The molecular formula is C19H27ClN4O2. The molecule has 142 valence electrons. The predicted molar refractivity (Wildman–Crippen MR) is 105 cm³/mol. The summed E-state index contributed by atoms with van der Waals surface area (Å²) in [7, 11) is 0. The lowest BCUT2D eigenvalue weighted by molar-refractivity contribution is -0.128. The van der Waals surface area contributed by atoms with E-state index in [1.165, 1.54) is 0 Å². The van der Waals surface area contributed by atoms with Gasteiger partial charge in [0, 0.05) is 24.6 Å². The monoisotopic (exact) mass is 378 g/mol. The molecule has 2 heterocycles. The second-order valence-corrected chi connectivity index (χ2v) is 7.47. The fourth-order valence-electron chi connectivity index (χ4n) is 2.73. The molecule has 0 bridgehead atoms. The van der Waals surface area contributed by atoms with Gasteiger partial charge in [0.2, 0.25) is 0 Å². The van der Waals surface area contributed by atoms with E-state index in [0.717, 1.165) is 23.5 Å². The van der Waals surface area contributed by atoms with Crippen LogP contribution in [0.25, 0.3) is 5.69 Å². The number of nitrogens with one attached hydrogen (secondary N) is 2. The first-order valence-corrected chi connectivity index (χ1v) is 8.65. The zero-order chi connectivity index (χ0) is 18.0. The lowest BCUT2D eigenvalue weighted by Gasteiger charge is -2.22. The van der Waals surface area contributed by atoms with Crippen molar-refractivity contribution in [2.45, 2.75) is 39.2 Å². The van der Waals surface area contributed by atoms with Crippen LogP contribution in [-0.4, -0.2) is 41.5 Å². The molecule has 1 aliphatic heterocycles. The van der Waals surface area contributed by atoms with Crippen molar-refractivity contribution in [3.8, 4) is 5.69 Å². The van der Waals surface area contributed by atoms with Gasteiger partial charge in [0.05, 0.1) is 18.0 Å². The molecule has 6 nitrogen and oxygen atoms in total. The molecule has 2 N–H and O–H groups in total. The molecule has 0 aliphatic carbocycles. The first kappa shape index (κ1) is 20.4. The van der Waals surface area contributed by atoms with E-state index in [-0.39, 0.29) is 23.7 Å². The van der Waals surface area contributed by atoms with E-state index in [9.17, 15) is 4.79 Å². The van der Waals surface area contributed by atoms with Crippen LogP contribution in [-0.2, 0) is 14.9 Å². The summed E-state index contributed by atoms with van der Waals surface area (Å²) in [5, 5.41) is 10.9. The van der Waals surface area contributed by atoms with Crippen LogP contribution in [0.1, 0.15) is 32.0 Å². The van der Waals surface area contributed by atoms with E-state index in [4.69, 9.17) is 9.84 Å². The predicted octanol–water partition coefficient (Wildman–Crippen LogP) is 2.83. The third-order valence-corrected chi connectivity index (χ3v) is 4.20. The molecule has 1 fully saturated rings. The molecule has 1 amide bonds. The van der Waals surface area contributed by atoms with Crippen molar-refractivity contribution in [2.75, 3.05) is 25.0 Å². The van der Waals surface area contributed by atoms with Gasteiger partial charge in [-0.1, -0.05) is 32.9 Å². The van der Waals surface area contributed by atoms with Crippen molar-refractivity contribution in [3.05, 3.63) is 41.6 Å². The summed E-state index contributed by atoms with van der Waals surface area (Å²) in [6.45, 7) is 10.2. The van der Waals surface area contributed by atoms with Crippen molar-refractivity contribution < 1.29 is 9.53 Å². The van der Waals surface area contributed by atoms with E-state index >= 15 is 0 Å². The SMILES string of the molecule is Cc1cccc(-n2nc(C(C)(C)C)cc2NC(=O)C2CNCCO2)c1.Cl. The minimum atomic E-state index is -0.479. The number of aromatic nitrogens is 2. The molecule has 1 unspecified atom stereocenters. The van der Waals surface area contributed by atoms with Gasteiger partial charge in [0.25, 0.3) is 5.91 Å². The number of rotatable bonds is 3. The molecule has 0 radical (unpaired) electrons. The Morgan fingerprint density at radius 1 is 1.35 bits per heavy atom. The summed E-state index contributed by atoms with van der Waals surface area (Å²) in [5.74, 6) is 0.510. The average Bonchev–Trinajstić information content (AvgIpc) is 3.00. The maximum Gasteiger partial charge on any atom is 0.255 e. The van der Waals surface area contributed by atoms with Gasteiger partial charge in [-0.25, -0.2) is 4.68 Å². The Hall–Kier alpha value is -1.89. The molecule has 1 aromatic carbocycles. The highest BCUT2D eigenvalue weighted by molar-refractivity contribution is 5.94. The number of aryl methyl sites for hydroxylation is 1. The first-order valence-electron chi connectivity index (χ1n) is 8.65. The minimum absolute atomic E-state index is 0. The van der Waals surface area contributed by atoms with Gasteiger partial charge in [0.15, 0.2) is 0 Å². The second kappa shape index (κ2) is 8.20. The molecule has 1 saturated heterocycles. The summed E-state index contributed by atoms with van der Waals surface area (Å²) in [5.41, 5.74) is 2.88.